The summed E-state index contributed by atoms with van der Waals surface area (Å²) >= 11 is 0. The van der Waals surface area contributed by atoms with Gasteiger partial charge in [0.15, 0.2) is 0 Å². The van der Waals surface area contributed by atoms with Crippen molar-refractivity contribution in [1.82, 2.24) is 14.9 Å². The number of para-hydroxylation sites is 1. The first-order valence-corrected chi connectivity index (χ1v) is 10.1. The van der Waals surface area contributed by atoms with Crippen molar-refractivity contribution in [3.8, 4) is 0 Å². The Morgan fingerprint density at radius 1 is 1.32 bits per heavy atom. The Balaban J connectivity index is 1.67. The average molecular weight is 422 g/mol. The molecule has 3 aromatic rings. The van der Waals surface area contributed by atoms with Crippen LogP contribution >= 0.6 is 0 Å². The number of nitrogens with zero attached hydrogens (tertiary/aromatic N) is 3. The van der Waals surface area contributed by atoms with Crippen LogP contribution < -0.4 is 5.56 Å². The van der Waals surface area contributed by atoms with Crippen LogP contribution in [0.15, 0.2) is 47.3 Å². The Labute approximate surface area is 177 Å². The van der Waals surface area contributed by atoms with E-state index in [1.54, 1.807) is 43.3 Å². The summed E-state index contributed by atoms with van der Waals surface area (Å²) in [4.78, 5) is 45.3. The average Bonchev–Trinajstić information content (AvgIpc) is 3.26. The number of nitro groups is 1. The molecular formula is C22H22N4O5. The molecule has 1 aliphatic heterocycles. The number of ether oxygens (including phenoxy) is 1. The van der Waals surface area contributed by atoms with E-state index >= 15 is 0 Å². The lowest BCUT2D eigenvalue weighted by atomic mass is 10.1. The number of hydrogen-bond acceptors (Lipinski definition) is 6. The van der Waals surface area contributed by atoms with E-state index in [0.717, 1.165) is 12.8 Å². The van der Waals surface area contributed by atoms with E-state index in [4.69, 9.17) is 4.74 Å². The molecular weight excluding hydrogens is 400 g/mol. The number of rotatable bonds is 6. The van der Waals surface area contributed by atoms with Crippen LogP contribution in [0.1, 0.15) is 34.6 Å². The van der Waals surface area contributed by atoms with Crippen LogP contribution in [0.3, 0.4) is 0 Å². The molecule has 160 valence electrons. The maximum Gasteiger partial charge on any atom is 0.273 e. The molecule has 0 aliphatic carbocycles. The zero-order chi connectivity index (χ0) is 22.0. The van der Waals surface area contributed by atoms with Gasteiger partial charge in [0.1, 0.15) is 5.82 Å². The number of carbonyl (C=O) groups is 1. The molecule has 2 aromatic carbocycles. The minimum absolute atomic E-state index is 0.0560. The lowest BCUT2D eigenvalue weighted by molar-refractivity contribution is -0.385. The highest BCUT2D eigenvalue weighted by Crippen LogP contribution is 2.22. The van der Waals surface area contributed by atoms with Crippen LogP contribution in [0.2, 0.25) is 0 Å². The summed E-state index contributed by atoms with van der Waals surface area (Å²) in [7, 11) is 0. The summed E-state index contributed by atoms with van der Waals surface area (Å²) in [5.41, 5.74) is 0.833. The Hall–Kier alpha value is -3.59. The summed E-state index contributed by atoms with van der Waals surface area (Å²) < 4.78 is 5.69. The number of carbonyl (C=O) groups excluding carboxylic acids is 1. The first-order valence-electron chi connectivity index (χ1n) is 10.1. The Kier molecular flexibility index (Phi) is 5.77. The van der Waals surface area contributed by atoms with E-state index in [1.807, 2.05) is 0 Å². The van der Waals surface area contributed by atoms with Crippen molar-refractivity contribution in [2.45, 2.75) is 32.4 Å². The fourth-order valence-electron chi connectivity index (χ4n) is 3.77. The number of nitro benzene ring substituents is 1. The van der Waals surface area contributed by atoms with Crippen LogP contribution in [-0.2, 0) is 11.3 Å². The summed E-state index contributed by atoms with van der Waals surface area (Å²) in [5, 5.41) is 11.8. The minimum atomic E-state index is -0.501. The lowest BCUT2D eigenvalue weighted by Gasteiger charge is -2.25. The highest BCUT2D eigenvalue weighted by molar-refractivity contribution is 5.95. The topological polar surface area (TPSA) is 118 Å². The molecule has 4 rings (SSSR count). The smallest absolute Gasteiger partial charge is 0.273 e. The Morgan fingerprint density at radius 2 is 2.13 bits per heavy atom. The number of benzene rings is 2. The van der Waals surface area contributed by atoms with E-state index < -0.39 is 4.92 Å². The first kappa shape index (κ1) is 20.7. The largest absolute Gasteiger partial charge is 0.376 e. The molecule has 1 saturated heterocycles. The number of aromatic nitrogens is 2. The maximum atomic E-state index is 13.3. The number of aromatic amines is 1. The van der Waals surface area contributed by atoms with Gasteiger partial charge in [0.05, 0.1) is 28.5 Å². The van der Waals surface area contributed by atoms with Crippen molar-refractivity contribution in [3.63, 3.8) is 0 Å². The van der Waals surface area contributed by atoms with E-state index in [0.29, 0.717) is 35.4 Å². The monoisotopic (exact) mass is 422 g/mol. The number of nitrogens with one attached hydrogen (secondary N) is 1. The second kappa shape index (κ2) is 8.65. The van der Waals surface area contributed by atoms with Crippen molar-refractivity contribution in [2.75, 3.05) is 13.2 Å². The van der Waals surface area contributed by atoms with Gasteiger partial charge in [0, 0.05) is 30.3 Å². The quantitative estimate of drug-likeness (QED) is 0.482. The maximum absolute atomic E-state index is 13.3. The number of H-pyrrole nitrogens is 1. The molecule has 0 spiro atoms. The molecule has 1 fully saturated rings. The highest BCUT2D eigenvalue weighted by Gasteiger charge is 2.26. The van der Waals surface area contributed by atoms with Crippen molar-refractivity contribution in [1.29, 1.82) is 0 Å². The Bertz CT molecular complexity index is 1200. The zero-order valence-corrected chi connectivity index (χ0v) is 17.0. The molecule has 1 amide bonds. The van der Waals surface area contributed by atoms with Crippen molar-refractivity contribution < 1.29 is 14.5 Å². The van der Waals surface area contributed by atoms with Gasteiger partial charge in [-0.1, -0.05) is 18.2 Å². The normalized spacial score (nSPS) is 15.8. The molecule has 1 atom stereocenters. The molecule has 0 saturated carbocycles. The van der Waals surface area contributed by atoms with Crippen LogP contribution in [-0.4, -0.2) is 45.0 Å². The van der Waals surface area contributed by atoms with Gasteiger partial charge in [0.25, 0.3) is 17.2 Å². The molecule has 9 nitrogen and oxygen atoms in total. The molecule has 0 radical (unpaired) electrons. The van der Waals surface area contributed by atoms with Crippen molar-refractivity contribution in [2.24, 2.45) is 0 Å². The molecule has 2 heterocycles. The van der Waals surface area contributed by atoms with Crippen LogP contribution in [0.25, 0.3) is 10.9 Å². The molecule has 0 unspecified atom stereocenters. The third-order valence-corrected chi connectivity index (χ3v) is 5.39. The zero-order valence-electron chi connectivity index (χ0n) is 17.0. The third-order valence-electron chi connectivity index (χ3n) is 5.39. The van der Waals surface area contributed by atoms with Crippen molar-refractivity contribution >= 4 is 22.5 Å². The van der Waals surface area contributed by atoms with Gasteiger partial charge < -0.3 is 14.6 Å². The van der Waals surface area contributed by atoms with Gasteiger partial charge in [-0.15, -0.1) is 0 Å². The van der Waals surface area contributed by atoms with Gasteiger partial charge in [-0.25, -0.2) is 4.98 Å². The molecule has 1 aromatic heterocycles. The number of fused-ring (bicyclic) bond motifs is 1. The van der Waals surface area contributed by atoms with Crippen molar-refractivity contribution in [3.05, 3.63) is 79.9 Å². The molecule has 1 N–H and O–H groups in total. The second-order valence-corrected chi connectivity index (χ2v) is 7.61. The van der Waals surface area contributed by atoms with Gasteiger partial charge in [-0.3, -0.25) is 19.7 Å². The fraction of sp³-hybridized carbons (Fsp3) is 0.318. The highest BCUT2D eigenvalue weighted by atomic mass is 16.6. The van der Waals surface area contributed by atoms with Gasteiger partial charge in [-0.05, 0) is 38.0 Å². The predicted molar refractivity (Wildman–Crippen MR) is 114 cm³/mol. The van der Waals surface area contributed by atoms with Gasteiger partial charge >= 0.3 is 0 Å². The van der Waals surface area contributed by atoms with Crippen LogP contribution in [0, 0.1) is 17.0 Å². The van der Waals surface area contributed by atoms with E-state index in [-0.39, 0.29) is 35.4 Å². The summed E-state index contributed by atoms with van der Waals surface area (Å²) in [6.07, 6.45) is 1.60. The van der Waals surface area contributed by atoms with Gasteiger partial charge in [0.2, 0.25) is 0 Å². The lowest BCUT2D eigenvalue weighted by Crippen LogP contribution is -2.38. The van der Waals surface area contributed by atoms with E-state index in [9.17, 15) is 19.7 Å². The second-order valence-electron chi connectivity index (χ2n) is 7.61. The summed E-state index contributed by atoms with van der Waals surface area (Å²) in [6, 6.07) is 11.4. The summed E-state index contributed by atoms with van der Waals surface area (Å²) in [5.74, 6) is -0.0361. The van der Waals surface area contributed by atoms with Crippen LogP contribution in [0.5, 0.6) is 0 Å². The molecule has 9 heteroatoms. The van der Waals surface area contributed by atoms with E-state index in [2.05, 4.69) is 9.97 Å². The SMILES string of the molecule is Cc1ccc(C(=O)N(Cc2nc3ccccc3c(=O)[nH]2)C[C@H]2CCCO2)cc1[N+](=O)[O-]. The number of amides is 1. The number of aryl methyl sites for hydroxylation is 1. The van der Waals surface area contributed by atoms with Gasteiger partial charge in [-0.2, -0.15) is 0 Å². The minimum Gasteiger partial charge on any atom is -0.376 e. The van der Waals surface area contributed by atoms with E-state index in [1.165, 1.54) is 11.0 Å². The molecule has 0 bridgehead atoms. The molecule has 31 heavy (non-hydrogen) atoms. The predicted octanol–water partition coefficient (Wildman–Crippen LogP) is 2.96. The number of hydrogen-bond donors (Lipinski definition) is 1. The Morgan fingerprint density at radius 3 is 2.87 bits per heavy atom. The fourth-order valence-corrected chi connectivity index (χ4v) is 3.77. The molecule has 1 aliphatic rings. The summed E-state index contributed by atoms with van der Waals surface area (Å²) in [6.45, 7) is 2.62. The van der Waals surface area contributed by atoms with Crippen LogP contribution in [0.4, 0.5) is 5.69 Å². The standard InChI is InChI=1S/C22H22N4O5/c1-14-8-9-15(11-19(14)26(29)30)22(28)25(12-16-5-4-10-31-16)13-20-23-18-7-3-2-6-17(18)21(27)24-20/h2-3,6-9,11,16H,4-5,10,12-13H2,1H3,(H,23,24,27)/t16-/m1/s1. The third kappa shape index (κ3) is 4.46. The first-order chi connectivity index (χ1) is 14.9.